The molecule has 17 rings (SSSR count). The fourth-order valence-corrected chi connectivity index (χ4v) is 20.6. The Morgan fingerprint density at radius 3 is 1.13 bits per heavy atom. The molecule has 12 heterocycles. The predicted molar refractivity (Wildman–Crippen MR) is 559 cm³/mol. The maximum Gasteiger partial charge on any atom is 0.237 e. The normalized spacial score (nSPS) is 19.7. The third-order valence-electron chi connectivity index (χ3n) is 27.7. The summed E-state index contributed by atoms with van der Waals surface area (Å²) < 4.78 is 0. The van der Waals surface area contributed by atoms with Gasteiger partial charge in [0.15, 0.2) is 5.96 Å². The topological polar surface area (TPSA) is 433 Å². The molecule has 0 bridgehead atoms. The minimum atomic E-state index is -0.365. The van der Waals surface area contributed by atoms with E-state index in [2.05, 4.69) is 216 Å². The number of carbonyl (C=O) groups is 5. The number of fused-ring (bicyclic) bond motifs is 5. The van der Waals surface area contributed by atoms with Crippen LogP contribution < -0.4 is 74.4 Å². The van der Waals surface area contributed by atoms with Gasteiger partial charge in [-0.05, 0) is 256 Å². The van der Waals surface area contributed by atoms with Crippen molar-refractivity contribution < 1.29 is 24.0 Å². The fourth-order valence-electron chi connectivity index (χ4n) is 20.6. The number of aryl methyl sites for hydroxylation is 6. The minimum absolute atomic E-state index is 0.0224. The van der Waals surface area contributed by atoms with E-state index in [0.717, 1.165) is 290 Å². The van der Waals surface area contributed by atoms with Gasteiger partial charge in [-0.15, -0.1) is 0 Å². The van der Waals surface area contributed by atoms with E-state index in [4.69, 9.17) is 0 Å². The number of pyridine rings is 6. The van der Waals surface area contributed by atoms with Gasteiger partial charge in [-0.1, -0.05) is 104 Å². The number of nitrogens with one attached hydrogen (secondary N) is 17. The first-order valence-corrected chi connectivity index (χ1v) is 53.5. The Labute approximate surface area is 841 Å². The summed E-state index contributed by atoms with van der Waals surface area (Å²) in [4.78, 5) is 121. The van der Waals surface area contributed by atoms with Crippen LogP contribution in [0.4, 0.5) is 0 Å². The molecule has 12 atom stereocenters. The molecule has 33 nitrogen and oxygen atoms in total. The highest BCUT2D eigenvalue weighted by Gasteiger charge is 2.36. The highest BCUT2D eigenvalue weighted by Crippen LogP contribution is 2.34. The van der Waals surface area contributed by atoms with Crippen LogP contribution in [0, 0.1) is 11.8 Å². The van der Waals surface area contributed by atoms with Crippen molar-refractivity contribution >= 4 is 35.5 Å². The largest absolute Gasteiger partial charge is 0.355 e. The lowest BCUT2D eigenvalue weighted by molar-refractivity contribution is -0.125. The SMILES string of the molecule is CC(C)CN(CCCC(NC1CCCc2cccnc21)C(=O)NC1CCNC1)CC(C)C.CCCCCC(NC1CCCc2cccnc21)C(=O)NC1CCNC1.CCCCNC(=O)C(Cc1cnc[nH]1)NC1CCCc2cccnc21.O=C(NCCCCc1ccccn1)C(Cc1cnc[nH]1)NC1CCCc2cccnc21.O=C(NCCNC1=NCCN1)C(Cc1cnc[nH]1)NC1CCCc2cccnc21. The molecule has 2 saturated heterocycles. The quantitative estimate of drug-likeness (QED) is 0.0158. The number of aromatic amines is 3. The van der Waals surface area contributed by atoms with Crippen molar-refractivity contribution in [3.63, 3.8) is 0 Å². The second kappa shape index (κ2) is 59.8. The Bertz CT molecular complexity index is 5160. The van der Waals surface area contributed by atoms with E-state index in [-0.39, 0.29) is 102 Å². The number of nitrogens with zero attached hydrogens (tertiary/aromatic N) is 11. The van der Waals surface area contributed by atoms with Crippen molar-refractivity contribution in [3.8, 4) is 0 Å². The number of guanidine groups is 1. The lowest BCUT2D eigenvalue weighted by atomic mass is 9.91. The molecule has 142 heavy (non-hydrogen) atoms. The van der Waals surface area contributed by atoms with Gasteiger partial charge in [0.25, 0.3) is 0 Å². The minimum Gasteiger partial charge on any atom is -0.355 e. The van der Waals surface area contributed by atoms with Gasteiger partial charge in [-0.3, -0.25) is 85.5 Å². The lowest BCUT2D eigenvalue weighted by Gasteiger charge is -2.31. The van der Waals surface area contributed by atoms with Crippen LogP contribution in [0.25, 0.3) is 0 Å². The first-order chi connectivity index (χ1) is 69.6. The number of hydrogen-bond donors (Lipinski definition) is 17. The van der Waals surface area contributed by atoms with E-state index in [9.17, 15) is 24.0 Å². The van der Waals surface area contributed by atoms with Crippen LogP contribution in [0.5, 0.6) is 0 Å². The summed E-state index contributed by atoms with van der Waals surface area (Å²) in [6.45, 7) is 24.7. The number of rotatable bonds is 46. The molecule has 0 saturated carbocycles. The van der Waals surface area contributed by atoms with Crippen molar-refractivity contribution in [1.29, 1.82) is 0 Å². The van der Waals surface area contributed by atoms with E-state index >= 15 is 0 Å². The Morgan fingerprint density at radius 1 is 0.394 bits per heavy atom. The highest BCUT2D eigenvalue weighted by atomic mass is 16.2. The van der Waals surface area contributed by atoms with Crippen molar-refractivity contribution in [1.82, 2.24) is 139 Å². The zero-order valence-electron chi connectivity index (χ0n) is 85.1. The molecule has 0 aromatic carbocycles. The predicted octanol–water partition coefficient (Wildman–Crippen LogP) is 11.0. The Kier molecular flexibility index (Phi) is 45.5. The molecule has 0 spiro atoms. The second-order valence-electron chi connectivity index (χ2n) is 40.1. The van der Waals surface area contributed by atoms with Crippen LogP contribution in [0.3, 0.4) is 0 Å². The smallest absolute Gasteiger partial charge is 0.237 e. The van der Waals surface area contributed by atoms with Crippen molar-refractivity contribution in [3.05, 3.63) is 233 Å². The third kappa shape index (κ3) is 35.7. The molecule has 8 aliphatic rings. The molecule has 2 fully saturated rings. The number of carbonyl (C=O) groups excluding carboxylic acids is 5. The number of aliphatic imine (C=N–C) groups is 1. The number of unbranched alkanes of at least 4 members (excludes halogenated alkanes) is 4. The Balaban J connectivity index is 0.000000150. The molecule has 9 aromatic rings. The number of aromatic nitrogens is 12. The fraction of sp³-hybridized carbons (Fsp3) is 0.587. The van der Waals surface area contributed by atoms with Gasteiger partial charge >= 0.3 is 0 Å². The molecule has 5 amide bonds. The van der Waals surface area contributed by atoms with Gasteiger partial charge in [-0.2, -0.15) is 0 Å². The molecule has 768 valence electrons. The summed E-state index contributed by atoms with van der Waals surface area (Å²) in [5, 5.41) is 46.8. The number of imidazole rings is 3. The molecular weight excluding hydrogens is 1780 g/mol. The summed E-state index contributed by atoms with van der Waals surface area (Å²) in [7, 11) is 0. The average Bonchev–Trinajstić information content (AvgIpc) is 1.45. The molecular formula is C109H162N28O5. The van der Waals surface area contributed by atoms with Gasteiger partial charge in [0.2, 0.25) is 29.5 Å². The lowest BCUT2D eigenvalue weighted by Crippen LogP contribution is -2.50. The summed E-state index contributed by atoms with van der Waals surface area (Å²) in [5.41, 5.74) is 15.9. The van der Waals surface area contributed by atoms with E-state index in [1.807, 2.05) is 85.7 Å². The van der Waals surface area contributed by atoms with Crippen LogP contribution in [-0.2, 0) is 81.8 Å². The summed E-state index contributed by atoms with van der Waals surface area (Å²) in [5.74, 6) is 2.48. The molecule has 9 aromatic heterocycles. The standard InChI is InChI=1S/C26H45N5O.C24H30N6O.C20H28N8O.C20H32N4O.C19H27N5O/c1-19(2)17-31(18-20(3)4)15-7-11-24(26(32)29-22-12-14-27-16-22)30-23-10-5-8-21-9-6-13-28-25(21)23;31-24(28-13-4-2-10-19-9-1-3-12-26-19)22(15-20-16-25-17-29-20)30-21-11-5-7-18-8-6-14-27-23(18)21;29-19(23-7-8-24-20-25-9-10-26-20)17(11-15-12-21-13-27-15)28-16-5-1-3-14-4-2-6-22-18(14)16;1-2-3-4-9-18(20(25)23-16-11-13-21-14-16)24-17-10-5-7-15-8-6-12-22-19(15)17;1-2-3-9-22-19(25)17(11-15-12-20-13-23-15)24-16-8-4-6-14-7-5-10-21-18(14)16/h6,9,13,19-20,22-24,27,30H,5,7-8,10-12,14-18H2,1-4H3,(H,29,32);1,3,6,8-9,12,14,16-17,21-22,30H,2,4-5,7,10-11,13,15H2,(H,25,29)(H,28,31);2,4,6,12-13,16-17,28H,1,3,5,7-11H2,(H,21,27)(H,23,29)(H2,24,25,26);6,8,12,16-18,21,24H,2-5,7,9-11,13-14H2,1H3,(H,23,25);5,7,10,12-13,16-17,24H,2-4,6,8-9,11H2,1H3,(H,20,23)(H,22,25). The number of hydrogen-bond acceptors (Lipinski definition) is 25. The highest BCUT2D eigenvalue weighted by molar-refractivity contribution is 5.85. The van der Waals surface area contributed by atoms with Crippen LogP contribution in [0.1, 0.15) is 292 Å². The molecule has 5 aliphatic carbocycles. The van der Waals surface area contributed by atoms with Crippen molar-refractivity contribution in [2.24, 2.45) is 16.8 Å². The first kappa shape index (κ1) is 108. The van der Waals surface area contributed by atoms with Crippen LogP contribution in [-0.4, -0.2) is 228 Å². The molecule has 3 aliphatic heterocycles. The summed E-state index contributed by atoms with van der Waals surface area (Å²) in [6.07, 6.45) is 52.3. The van der Waals surface area contributed by atoms with Crippen LogP contribution in [0.15, 0.2) is 159 Å². The Hall–Kier alpha value is -11.2. The summed E-state index contributed by atoms with van der Waals surface area (Å²) >= 11 is 0. The summed E-state index contributed by atoms with van der Waals surface area (Å²) in [6, 6.07) is 26.6. The van der Waals surface area contributed by atoms with E-state index in [0.29, 0.717) is 50.7 Å². The van der Waals surface area contributed by atoms with Gasteiger partial charge in [-0.25, -0.2) is 15.0 Å². The van der Waals surface area contributed by atoms with Gasteiger partial charge < -0.3 is 67.7 Å². The molecule has 33 heteroatoms. The number of H-pyrrole nitrogens is 3. The molecule has 12 unspecified atom stereocenters. The van der Waals surface area contributed by atoms with Gasteiger partial charge in [0.1, 0.15) is 0 Å². The zero-order valence-corrected chi connectivity index (χ0v) is 85.1. The second-order valence-corrected chi connectivity index (χ2v) is 40.1. The van der Waals surface area contributed by atoms with E-state index in [1.165, 1.54) is 40.7 Å². The zero-order chi connectivity index (χ0) is 99.1. The molecule has 17 N–H and O–H groups in total. The third-order valence-corrected chi connectivity index (χ3v) is 27.7. The monoisotopic (exact) mass is 1940 g/mol. The van der Waals surface area contributed by atoms with E-state index in [1.54, 1.807) is 37.6 Å². The van der Waals surface area contributed by atoms with Crippen molar-refractivity contribution in [2.75, 3.05) is 85.1 Å². The Morgan fingerprint density at radius 2 is 0.782 bits per heavy atom. The average molecular weight is 1940 g/mol. The van der Waals surface area contributed by atoms with Crippen LogP contribution in [0.2, 0.25) is 0 Å². The van der Waals surface area contributed by atoms with Gasteiger partial charge in [0.05, 0.1) is 114 Å². The first-order valence-electron chi connectivity index (χ1n) is 53.5. The number of amides is 5. The van der Waals surface area contributed by atoms with Gasteiger partial charge in [0, 0.05) is 169 Å². The maximum atomic E-state index is 13.3. The van der Waals surface area contributed by atoms with Crippen LogP contribution >= 0.6 is 0 Å². The van der Waals surface area contributed by atoms with Crippen molar-refractivity contribution in [2.45, 2.75) is 313 Å². The van der Waals surface area contributed by atoms with E-state index < -0.39 is 0 Å². The molecule has 0 radical (unpaired) electrons. The maximum absolute atomic E-state index is 13.3.